The van der Waals surface area contributed by atoms with Gasteiger partial charge in [0.2, 0.25) is 0 Å². The summed E-state index contributed by atoms with van der Waals surface area (Å²) in [6.07, 6.45) is -0.822. The normalized spacial score (nSPS) is 11.5. The zero-order valence-electron chi connectivity index (χ0n) is 15.8. The molecule has 142 valence electrons. The number of amides is 1. The quantitative estimate of drug-likeness (QED) is 0.741. The van der Waals surface area contributed by atoms with Crippen molar-refractivity contribution < 1.29 is 9.53 Å². The molecule has 0 bridgehead atoms. The van der Waals surface area contributed by atoms with Crippen molar-refractivity contribution in [2.24, 2.45) is 7.05 Å². The number of nitrogens with one attached hydrogen (secondary N) is 1. The van der Waals surface area contributed by atoms with E-state index in [9.17, 15) is 9.59 Å². The molecule has 0 fully saturated rings. The molecular formula is C21H20N4O3. The van der Waals surface area contributed by atoms with Crippen LogP contribution in [-0.2, 0) is 11.8 Å². The van der Waals surface area contributed by atoms with E-state index in [-0.39, 0.29) is 11.2 Å². The SMILES string of the molecule is Cc1c(NC(=O)C(C)Oc2ccc(C#N)cc2)c(=O)n(-c2ccccc2)n1C. The van der Waals surface area contributed by atoms with E-state index in [0.29, 0.717) is 22.7 Å². The third-order valence-corrected chi connectivity index (χ3v) is 4.47. The number of anilines is 1. The molecule has 1 atom stereocenters. The van der Waals surface area contributed by atoms with Crippen LogP contribution in [-0.4, -0.2) is 21.4 Å². The molecule has 3 aromatic rings. The first-order chi connectivity index (χ1) is 13.4. The Morgan fingerprint density at radius 2 is 1.79 bits per heavy atom. The molecule has 7 nitrogen and oxygen atoms in total. The smallest absolute Gasteiger partial charge is 0.295 e. The number of rotatable bonds is 5. The van der Waals surface area contributed by atoms with Crippen LogP contribution in [0.4, 0.5) is 5.69 Å². The van der Waals surface area contributed by atoms with Crippen molar-refractivity contribution in [3.8, 4) is 17.5 Å². The monoisotopic (exact) mass is 376 g/mol. The molecule has 1 heterocycles. The minimum absolute atomic E-state index is 0.214. The van der Waals surface area contributed by atoms with E-state index in [1.54, 1.807) is 49.8 Å². The van der Waals surface area contributed by atoms with Crippen molar-refractivity contribution in [1.29, 1.82) is 5.26 Å². The predicted molar refractivity (Wildman–Crippen MR) is 106 cm³/mol. The third kappa shape index (κ3) is 3.67. The zero-order valence-corrected chi connectivity index (χ0v) is 15.8. The molecule has 0 aliphatic rings. The third-order valence-electron chi connectivity index (χ3n) is 4.47. The molecule has 0 aliphatic carbocycles. The van der Waals surface area contributed by atoms with Gasteiger partial charge in [-0.05, 0) is 50.2 Å². The number of nitriles is 1. The highest BCUT2D eigenvalue weighted by Gasteiger charge is 2.21. The van der Waals surface area contributed by atoms with E-state index in [1.165, 1.54) is 4.68 Å². The van der Waals surface area contributed by atoms with Crippen molar-refractivity contribution in [2.75, 3.05) is 5.32 Å². The fourth-order valence-electron chi connectivity index (χ4n) is 2.80. The van der Waals surface area contributed by atoms with Crippen molar-refractivity contribution in [1.82, 2.24) is 9.36 Å². The molecule has 0 radical (unpaired) electrons. The summed E-state index contributed by atoms with van der Waals surface area (Å²) in [4.78, 5) is 25.4. The van der Waals surface area contributed by atoms with Crippen LogP contribution in [0.25, 0.3) is 5.69 Å². The van der Waals surface area contributed by atoms with Crippen molar-refractivity contribution in [3.63, 3.8) is 0 Å². The van der Waals surface area contributed by atoms with Gasteiger partial charge >= 0.3 is 0 Å². The van der Waals surface area contributed by atoms with Crippen LogP contribution in [0.1, 0.15) is 18.2 Å². The molecule has 0 spiro atoms. The summed E-state index contributed by atoms with van der Waals surface area (Å²) < 4.78 is 8.80. The Morgan fingerprint density at radius 3 is 2.39 bits per heavy atom. The largest absolute Gasteiger partial charge is 0.481 e. The molecule has 28 heavy (non-hydrogen) atoms. The number of ether oxygens (including phenoxy) is 1. The topological polar surface area (TPSA) is 89.1 Å². The van der Waals surface area contributed by atoms with E-state index in [0.717, 1.165) is 0 Å². The molecule has 0 saturated carbocycles. The second kappa shape index (κ2) is 7.84. The van der Waals surface area contributed by atoms with Gasteiger partial charge in [0.25, 0.3) is 11.5 Å². The van der Waals surface area contributed by atoms with Crippen LogP contribution in [0.5, 0.6) is 5.75 Å². The Labute approximate surface area is 162 Å². The van der Waals surface area contributed by atoms with E-state index in [1.807, 2.05) is 36.4 Å². The minimum Gasteiger partial charge on any atom is -0.481 e. The van der Waals surface area contributed by atoms with Crippen molar-refractivity contribution in [2.45, 2.75) is 20.0 Å². The predicted octanol–water partition coefficient (Wildman–Crippen LogP) is 2.76. The zero-order chi connectivity index (χ0) is 20.3. The van der Waals surface area contributed by atoms with Crippen molar-refractivity contribution in [3.05, 3.63) is 76.2 Å². The van der Waals surface area contributed by atoms with Gasteiger partial charge in [0, 0.05) is 7.05 Å². The average molecular weight is 376 g/mol. The van der Waals surface area contributed by atoms with Crippen LogP contribution in [0.3, 0.4) is 0 Å². The van der Waals surface area contributed by atoms with E-state index in [2.05, 4.69) is 5.32 Å². The van der Waals surface area contributed by atoms with Gasteiger partial charge in [-0.3, -0.25) is 14.3 Å². The Morgan fingerprint density at radius 1 is 1.14 bits per heavy atom. The number of carbonyl (C=O) groups excluding carboxylic acids is 1. The molecule has 3 rings (SSSR count). The van der Waals surface area contributed by atoms with Crippen LogP contribution >= 0.6 is 0 Å². The maximum Gasteiger partial charge on any atom is 0.295 e. The molecule has 2 aromatic carbocycles. The van der Waals surface area contributed by atoms with Gasteiger partial charge in [-0.25, -0.2) is 4.68 Å². The molecule has 0 saturated heterocycles. The molecule has 1 aromatic heterocycles. The summed E-state index contributed by atoms with van der Waals surface area (Å²) >= 11 is 0. The van der Waals surface area contributed by atoms with Crippen LogP contribution < -0.4 is 15.6 Å². The molecular weight excluding hydrogens is 356 g/mol. The van der Waals surface area contributed by atoms with Gasteiger partial charge < -0.3 is 10.1 Å². The Balaban J connectivity index is 1.80. The first kappa shape index (κ1) is 19.0. The lowest BCUT2D eigenvalue weighted by Gasteiger charge is -2.14. The summed E-state index contributed by atoms with van der Waals surface area (Å²) in [6, 6.07) is 17.7. The minimum atomic E-state index is -0.822. The van der Waals surface area contributed by atoms with E-state index < -0.39 is 12.0 Å². The Bertz CT molecular complexity index is 1090. The van der Waals surface area contributed by atoms with E-state index in [4.69, 9.17) is 10.00 Å². The summed E-state index contributed by atoms with van der Waals surface area (Å²) in [5, 5.41) is 11.5. The second-order valence-electron chi connectivity index (χ2n) is 6.32. The van der Waals surface area contributed by atoms with E-state index >= 15 is 0 Å². The number of aromatic nitrogens is 2. The maximum atomic E-state index is 12.9. The maximum absolute atomic E-state index is 12.9. The molecule has 0 aliphatic heterocycles. The highest BCUT2D eigenvalue weighted by Crippen LogP contribution is 2.16. The first-order valence-electron chi connectivity index (χ1n) is 8.74. The fraction of sp³-hybridized carbons (Fsp3) is 0.190. The second-order valence-corrected chi connectivity index (χ2v) is 6.32. The van der Waals surface area contributed by atoms with Gasteiger partial charge in [-0.15, -0.1) is 0 Å². The van der Waals surface area contributed by atoms with Gasteiger partial charge in [-0.1, -0.05) is 18.2 Å². The fourth-order valence-corrected chi connectivity index (χ4v) is 2.80. The number of para-hydroxylation sites is 1. The molecule has 1 unspecified atom stereocenters. The molecule has 1 N–H and O–H groups in total. The van der Waals surface area contributed by atoms with Gasteiger partial charge in [-0.2, -0.15) is 5.26 Å². The summed E-state index contributed by atoms with van der Waals surface area (Å²) in [6.45, 7) is 3.37. The number of benzene rings is 2. The number of hydrogen-bond donors (Lipinski definition) is 1. The number of nitrogens with zero attached hydrogens (tertiary/aromatic N) is 3. The molecule has 7 heteroatoms. The average Bonchev–Trinajstić information content (AvgIpc) is 2.92. The summed E-state index contributed by atoms with van der Waals surface area (Å²) in [7, 11) is 1.76. The summed E-state index contributed by atoms with van der Waals surface area (Å²) in [5.41, 5.74) is 1.75. The Hall–Kier alpha value is -3.79. The standard InChI is InChI=1S/C21H20N4O3/c1-14-19(21(27)25(24(14)3)17-7-5-4-6-8-17)23-20(26)15(2)28-18-11-9-16(13-22)10-12-18/h4-12,15H,1-3H3,(H,23,26). The van der Waals surface area contributed by atoms with Crippen LogP contribution in [0.2, 0.25) is 0 Å². The van der Waals surface area contributed by atoms with Crippen LogP contribution in [0, 0.1) is 18.3 Å². The first-order valence-corrected chi connectivity index (χ1v) is 8.74. The molecule has 1 amide bonds. The summed E-state index contributed by atoms with van der Waals surface area (Å²) in [5.74, 6) is 0.0310. The van der Waals surface area contributed by atoms with Crippen molar-refractivity contribution >= 4 is 11.6 Å². The Kier molecular flexibility index (Phi) is 5.32. The highest BCUT2D eigenvalue weighted by molar-refractivity contribution is 5.94. The lowest BCUT2D eigenvalue weighted by atomic mass is 10.2. The number of carbonyl (C=O) groups is 1. The number of hydrogen-bond acceptors (Lipinski definition) is 4. The lowest BCUT2D eigenvalue weighted by molar-refractivity contribution is -0.122. The van der Waals surface area contributed by atoms with Gasteiger partial charge in [0.1, 0.15) is 11.4 Å². The van der Waals surface area contributed by atoms with Gasteiger partial charge in [0.15, 0.2) is 6.10 Å². The van der Waals surface area contributed by atoms with Gasteiger partial charge in [0.05, 0.1) is 23.0 Å². The highest BCUT2D eigenvalue weighted by atomic mass is 16.5. The van der Waals surface area contributed by atoms with Crippen LogP contribution in [0.15, 0.2) is 59.4 Å². The lowest BCUT2D eigenvalue weighted by Crippen LogP contribution is -2.32.